The van der Waals surface area contributed by atoms with Crippen molar-refractivity contribution >= 4 is 5.82 Å². The lowest BCUT2D eigenvalue weighted by molar-refractivity contribution is 0.262. The molecule has 0 spiro atoms. The third-order valence-corrected chi connectivity index (χ3v) is 2.02. The smallest absolute Gasteiger partial charge is 0.141 e. The van der Waals surface area contributed by atoms with Crippen molar-refractivity contribution in [2.24, 2.45) is 0 Å². The number of nitrogen functional groups attached to an aromatic ring is 1. The molecular weight excluding hydrogens is 164 g/mol. The van der Waals surface area contributed by atoms with Crippen LogP contribution < -0.4 is 5.73 Å². The molecule has 4 nitrogen and oxygen atoms in total. The Morgan fingerprint density at radius 2 is 2.08 bits per heavy atom. The first kappa shape index (κ1) is 9.92. The zero-order valence-corrected chi connectivity index (χ0v) is 8.36. The zero-order chi connectivity index (χ0) is 9.84. The Bertz CT molecular complexity index is 255. The monoisotopic (exact) mass is 180 g/mol. The Hall–Kier alpha value is -1.16. The summed E-state index contributed by atoms with van der Waals surface area (Å²) >= 11 is 0. The molecule has 2 N–H and O–H groups in total. The molecule has 0 amide bonds. The molecule has 0 saturated heterocycles. The minimum atomic E-state index is 0.468. The third-order valence-electron chi connectivity index (χ3n) is 2.02. The van der Waals surface area contributed by atoms with Gasteiger partial charge >= 0.3 is 0 Å². The Kier molecular flexibility index (Phi) is 3.19. The van der Waals surface area contributed by atoms with Crippen molar-refractivity contribution in [3.8, 4) is 0 Å². The minimum Gasteiger partial charge on any atom is -0.382 e. The standard InChI is InChI=1S/C9H16N4/c1-7(2)13(3)6-8-4-12-9(10)5-11-8/h4-5,7H,6H2,1-3H3,(H2,10,12). The quantitative estimate of drug-likeness (QED) is 0.750. The van der Waals surface area contributed by atoms with Gasteiger partial charge in [0, 0.05) is 12.6 Å². The molecule has 0 atom stereocenters. The zero-order valence-electron chi connectivity index (χ0n) is 8.36. The van der Waals surface area contributed by atoms with Gasteiger partial charge in [-0.05, 0) is 20.9 Å². The van der Waals surface area contributed by atoms with E-state index >= 15 is 0 Å². The SMILES string of the molecule is CC(C)N(C)Cc1cnc(N)cn1. The number of aromatic nitrogens is 2. The molecule has 0 unspecified atom stereocenters. The molecule has 0 aliphatic heterocycles. The molecule has 1 aromatic heterocycles. The van der Waals surface area contributed by atoms with E-state index in [-0.39, 0.29) is 0 Å². The summed E-state index contributed by atoms with van der Waals surface area (Å²) in [6.45, 7) is 5.10. The van der Waals surface area contributed by atoms with Crippen LogP contribution in [0.1, 0.15) is 19.5 Å². The molecule has 0 aliphatic carbocycles. The van der Waals surface area contributed by atoms with Crippen molar-refractivity contribution < 1.29 is 0 Å². The van der Waals surface area contributed by atoms with E-state index in [9.17, 15) is 0 Å². The number of hydrogen-bond acceptors (Lipinski definition) is 4. The van der Waals surface area contributed by atoms with E-state index in [0.717, 1.165) is 12.2 Å². The second-order valence-electron chi connectivity index (χ2n) is 3.44. The van der Waals surface area contributed by atoms with E-state index in [2.05, 4.69) is 35.8 Å². The number of anilines is 1. The van der Waals surface area contributed by atoms with Crippen LogP contribution in [-0.4, -0.2) is 28.0 Å². The average molecular weight is 180 g/mol. The van der Waals surface area contributed by atoms with Gasteiger partial charge in [0.15, 0.2) is 0 Å². The lowest BCUT2D eigenvalue weighted by atomic mass is 10.3. The van der Waals surface area contributed by atoms with Crippen LogP contribution >= 0.6 is 0 Å². The molecule has 1 rings (SSSR count). The summed E-state index contributed by atoms with van der Waals surface area (Å²) in [5.41, 5.74) is 6.38. The molecule has 72 valence electrons. The fraction of sp³-hybridized carbons (Fsp3) is 0.556. The van der Waals surface area contributed by atoms with E-state index < -0.39 is 0 Å². The van der Waals surface area contributed by atoms with Gasteiger partial charge in [-0.15, -0.1) is 0 Å². The third kappa shape index (κ3) is 2.99. The van der Waals surface area contributed by atoms with E-state index in [1.165, 1.54) is 0 Å². The summed E-state index contributed by atoms with van der Waals surface area (Å²) in [7, 11) is 2.06. The summed E-state index contributed by atoms with van der Waals surface area (Å²) in [6, 6.07) is 0.513. The first-order valence-electron chi connectivity index (χ1n) is 4.36. The van der Waals surface area contributed by atoms with Crippen LogP contribution in [0.2, 0.25) is 0 Å². The minimum absolute atomic E-state index is 0.468. The van der Waals surface area contributed by atoms with E-state index in [0.29, 0.717) is 11.9 Å². The maximum Gasteiger partial charge on any atom is 0.141 e. The lowest BCUT2D eigenvalue weighted by Gasteiger charge is -2.19. The predicted molar refractivity (Wildman–Crippen MR) is 53.0 cm³/mol. The van der Waals surface area contributed by atoms with Crippen LogP contribution in [0, 0.1) is 0 Å². The summed E-state index contributed by atoms with van der Waals surface area (Å²) in [4.78, 5) is 10.3. The molecule has 0 bridgehead atoms. The van der Waals surface area contributed by atoms with Crippen LogP contribution in [0.25, 0.3) is 0 Å². The van der Waals surface area contributed by atoms with Gasteiger partial charge in [0.05, 0.1) is 18.1 Å². The molecule has 4 heteroatoms. The van der Waals surface area contributed by atoms with Crippen molar-refractivity contribution in [1.29, 1.82) is 0 Å². The molecular formula is C9H16N4. The van der Waals surface area contributed by atoms with Crippen molar-refractivity contribution in [2.45, 2.75) is 26.4 Å². The maximum absolute atomic E-state index is 5.43. The van der Waals surface area contributed by atoms with Crippen molar-refractivity contribution in [2.75, 3.05) is 12.8 Å². The number of rotatable bonds is 3. The molecule has 13 heavy (non-hydrogen) atoms. The number of nitrogens with zero attached hydrogens (tertiary/aromatic N) is 3. The predicted octanol–water partition coefficient (Wildman–Crippen LogP) is 0.899. The summed E-state index contributed by atoms with van der Waals surface area (Å²) in [6.07, 6.45) is 3.30. The molecule has 0 fully saturated rings. The summed E-state index contributed by atoms with van der Waals surface area (Å²) in [5, 5.41) is 0. The number of hydrogen-bond donors (Lipinski definition) is 1. The topological polar surface area (TPSA) is 55.0 Å². The molecule has 1 heterocycles. The van der Waals surface area contributed by atoms with Gasteiger partial charge in [-0.25, -0.2) is 4.98 Å². The molecule has 0 aromatic carbocycles. The second-order valence-corrected chi connectivity index (χ2v) is 3.44. The van der Waals surface area contributed by atoms with Crippen molar-refractivity contribution in [3.05, 3.63) is 18.1 Å². The molecule has 0 aliphatic rings. The van der Waals surface area contributed by atoms with Gasteiger partial charge in [0.25, 0.3) is 0 Å². The lowest BCUT2D eigenvalue weighted by Crippen LogP contribution is -2.26. The Balaban J connectivity index is 2.59. The fourth-order valence-electron chi connectivity index (χ4n) is 0.885. The van der Waals surface area contributed by atoms with Crippen LogP contribution in [-0.2, 0) is 6.54 Å². The first-order chi connectivity index (χ1) is 6.09. The second kappa shape index (κ2) is 4.18. The van der Waals surface area contributed by atoms with Gasteiger partial charge < -0.3 is 5.73 Å². The normalized spacial score (nSPS) is 11.2. The van der Waals surface area contributed by atoms with Gasteiger partial charge in [-0.1, -0.05) is 0 Å². The highest BCUT2D eigenvalue weighted by atomic mass is 15.1. The van der Waals surface area contributed by atoms with Gasteiger partial charge in [0.1, 0.15) is 5.82 Å². The largest absolute Gasteiger partial charge is 0.382 e. The van der Waals surface area contributed by atoms with Crippen LogP contribution in [0.4, 0.5) is 5.82 Å². The first-order valence-corrected chi connectivity index (χ1v) is 4.36. The van der Waals surface area contributed by atoms with Crippen LogP contribution in [0.15, 0.2) is 12.4 Å². The highest BCUT2D eigenvalue weighted by Crippen LogP contribution is 2.02. The van der Waals surface area contributed by atoms with E-state index in [1.54, 1.807) is 12.4 Å². The van der Waals surface area contributed by atoms with Crippen molar-refractivity contribution in [1.82, 2.24) is 14.9 Å². The molecule has 0 radical (unpaired) electrons. The van der Waals surface area contributed by atoms with Gasteiger partial charge in [-0.2, -0.15) is 0 Å². The average Bonchev–Trinajstić information content (AvgIpc) is 2.08. The van der Waals surface area contributed by atoms with Crippen LogP contribution in [0.5, 0.6) is 0 Å². The Morgan fingerprint density at radius 3 is 2.54 bits per heavy atom. The number of nitrogens with two attached hydrogens (primary N) is 1. The summed E-state index contributed by atoms with van der Waals surface area (Å²) in [5.74, 6) is 0.468. The van der Waals surface area contributed by atoms with Crippen LogP contribution in [0.3, 0.4) is 0 Å². The summed E-state index contributed by atoms with van der Waals surface area (Å²) < 4.78 is 0. The molecule has 0 saturated carbocycles. The highest BCUT2D eigenvalue weighted by molar-refractivity contribution is 5.22. The van der Waals surface area contributed by atoms with Crippen molar-refractivity contribution in [3.63, 3.8) is 0 Å². The Labute approximate surface area is 78.8 Å². The highest BCUT2D eigenvalue weighted by Gasteiger charge is 2.04. The molecule has 1 aromatic rings. The van der Waals surface area contributed by atoms with Gasteiger partial charge in [-0.3, -0.25) is 9.88 Å². The fourth-order valence-corrected chi connectivity index (χ4v) is 0.885. The maximum atomic E-state index is 5.43. The van der Waals surface area contributed by atoms with Gasteiger partial charge in [0.2, 0.25) is 0 Å². The van der Waals surface area contributed by atoms with E-state index in [4.69, 9.17) is 5.73 Å². The van der Waals surface area contributed by atoms with E-state index in [1.807, 2.05) is 0 Å². The Morgan fingerprint density at radius 1 is 1.38 bits per heavy atom.